The summed E-state index contributed by atoms with van der Waals surface area (Å²) >= 11 is 0. The molecule has 0 unspecified atom stereocenters. The van der Waals surface area contributed by atoms with Gasteiger partial charge in [0.25, 0.3) is 5.91 Å². The van der Waals surface area contributed by atoms with Crippen LogP contribution in [0.25, 0.3) is 16.6 Å². The quantitative estimate of drug-likeness (QED) is 0.523. The molecule has 0 aliphatic heterocycles. The highest BCUT2D eigenvalue weighted by Gasteiger charge is 2.33. The van der Waals surface area contributed by atoms with Gasteiger partial charge in [0, 0.05) is 30.4 Å². The number of alkyl halides is 3. The van der Waals surface area contributed by atoms with Crippen molar-refractivity contribution in [1.82, 2.24) is 29.9 Å². The zero-order valence-electron chi connectivity index (χ0n) is 17.1. The molecule has 0 bridgehead atoms. The molecule has 0 radical (unpaired) electrons. The Morgan fingerprint density at radius 1 is 1.19 bits per heavy atom. The van der Waals surface area contributed by atoms with Crippen LogP contribution in [0.4, 0.5) is 13.2 Å². The van der Waals surface area contributed by atoms with E-state index in [1.165, 1.54) is 10.7 Å². The van der Waals surface area contributed by atoms with Crippen molar-refractivity contribution in [1.29, 1.82) is 0 Å². The van der Waals surface area contributed by atoms with Gasteiger partial charge >= 0.3 is 6.18 Å². The predicted octanol–water partition coefficient (Wildman–Crippen LogP) is 3.98. The third-order valence-electron chi connectivity index (χ3n) is 5.66. The van der Waals surface area contributed by atoms with Gasteiger partial charge in [0.05, 0.1) is 22.9 Å². The minimum Gasteiger partial charge on any atom is -0.344 e. The third-order valence-corrected chi connectivity index (χ3v) is 5.66. The van der Waals surface area contributed by atoms with Crippen LogP contribution in [-0.2, 0) is 19.6 Å². The number of benzene rings is 1. The summed E-state index contributed by atoms with van der Waals surface area (Å²) in [5, 5.41) is 12.7. The minimum atomic E-state index is -4.54. The first-order chi connectivity index (χ1) is 15.3. The smallest absolute Gasteiger partial charge is 0.344 e. The van der Waals surface area contributed by atoms with E-state index in [0.29, 0.717) is 18.5 Å². The van der Waals surface area contributed by atoms with Gasteiger partial charge in [-0.15, -0.1) is 0 Å². The van der Waals surface area contributed by atoms with E-state index >= 15 is 0 Å². The fourth-order valence-corrected chi connectivity index (χ4v) is 4.18. The van der Waals surface area contributed by atoms with Crippen molar-refractivity contribution in [2.75, 3.05) is 0 Å². The van der Waals surface area contributed by atoms with Crippen LogP contribution >= 0.6 is 0 Å². The highest BCUT2D eigenvalue weighted by atomic mass is 19.4. The molecule has 1 atom stereocenters. The van der Waals surface area contributed by atoms with Crippen molar-refractivity contribution in [3.63, 3.8) is 0 Å². The minimum absolute atomic E-state index is 0.255. The van der Waals surface area contributed by atoms with Crippen LogP contribution in [0, 0.1) is 0 Å². The zero-order chi connectivity index (χ0) is 22.5. The Bertz CT molecular complexity index is 1320. The molecule has 4 aromatic rings. The molecule has 164 valence electrons. The highest BCUT2D eigenvalue weighted by molar-refractivity contribution is 6.05. The SMILES string of the molecule is Cn1nc2ccccc2c1C(=O)N[C@H]1CCCc2nn(-c3ccnc(C(F)(F)F)c3)cc21. The van der Waals surface area contributed by atoms with Gasteiger partial charge in [-0.3, -0.25) is 14.5 Å². The number of carbonyl (C=O) groups excluding carboxylic acids is 1. The molecule has 7 nitrogen and oxygen atoms in total. The first kappa shape index (κ1) is 20.2. The van der Waals surface area contributed by atoms with Gasteiger partial charge < -0.3 is 5.32 Å². The molecular formula is C22H19F3N6O. The van der Waals surface area contributed by atoms with Crippen molar-refractivity contribution < 1.29 is 18.0 Å². The summed E-state index contributed by atoms with van der Waals surface area (Å²) in [6.45, 7) is 0. The average molecular weight is 440 g/mol. The summed E-state index contributed by atoms with van der Waals surface area (Å²) in [6.07, 6.45) is 0.489. The van der Waals surface area contributed by atoms with Gasteiger partial charge in [0.2, 0.25) is 0 Å². The van der Waals surface area contributed by atoms with E-state index in [1.807, 2.05) is 24.3 Å². The fraction of sp³-hybridized carbons (Fsp3) is 0.273. The van der Waals surface area contributed by atoms with E-state index < -0.39 is 11.9 Å². The number of aryl methyl sites for hydroxylation is 2. The summed E-state index contributed by atoms with van der Waals surface area (Å²) in [7, 11) is 1.72. The maximum atomic E-state index is 13.1. The Morgan fingerprint density at radius 3 is 2.81 bits per heavy atom. The highest BCUT2D eigenvalue weighted by Crippen LogP contribution is 2.32. The van der Waals surface area contributed by atoms with Crippen molar-refractivity contribution in [3.05, 3.63) is 71.4 Å². The van der Waals surface area contributed by atoms with Gasteiger partial charge in [-0.25, -0.2) is 4.68 Å². The average Bonchev–Trinajstić information content (AvgIpc) is 3.34. The number of nitrogens with one attached hydrogen (secondary N) is 1. The molecule has 1 aliphatic rings. The molecule has 0 spiro atoms. The number of rotatable bonds is 3. The second-order valence-corrected chi connectivity index (χ2v) is 7.78. The molecule has 1 aliphatic carbocycles. The first-order valence-corrected chi connectivity index (χ1v) is 10.2. The fourth-order valence-electron chi connectivity index (χ4n) is 4.18. The lowest BCUT2D eigenvalue weighted by molar-refractivity contribution is -0.141. The molecule has 1 N–H and O–H groups in total. The number of amides is 1. The van der Waals surface area contributed by atoms with Crippen LogP contribution in [0.3, 0.4) is 0 Å². The van der Waals surface area contributed by atoms with E-state index in [9.17, 15) is 18.0 Å². The summed E-state index contributed by atoms with van der Waals surface area (Å²) in [4.78, 5) is 16.5. The summed E-state index contributed by atoms with van der Waals surface area (Å²) in [5.74, 6) is -0.255. The standard InChI is InChI=1S/C22H19F3N6O/c1-30-20(14-5-2-3-6-17(14)28-30)21(32)27-16-7-4-8-18-15(16)12-31(29-18)13-9-10-26-19(11-13)22(23,24)25/h2-3,5-6,9-12,16H,4,7-8H2,1H3,(H,27,32)/t16-/m0/s1. The molecule has 5 rings (SSSR count). The molecular weight excluding hydrogens is 421 g/mol. The van der Waals surface area contributed by atoms with E-state index in [0.717, 1.165) is 40.8 Å². The third kappa shape index (κ3) is 3.51. The van der Waals surface area contributed by atoms with Crippen molar-refractivity contribution in [2.24, 2.45) is 7.05 Å². The molecule has 1 amide bonds. The molecule has 0 saturated heterocycles. The van der Waals surface area contributed by atoms with Crippen molar-refractivity contribution >= 4 is 16.8 Å². The molecule has 32 heavy (non-hydrogen) atoms. The number of aromatic nitrogens is 5. The van der Waals surface area contributed by atoms with Crippen molar-refractivity contribution in [3.8, 4) is 5.69 Å². The number of fused-ring (bicyclic) bond motifs is 2. The first-order valence-electron chi connectivity index (χ1n) is 10.2. The Balaban J connectivity index is 1.45. The predicted molar refractivity (Wildman–Crippen MR) is 110 cm³/mol. The molecule has 0 saturated carbocycles. The van der Waals surface area contributed by atoms with Gasteiger partial charge in [-0.05, 0) is 37.5 Å². The van der Waals surface area contributed by atoms with Crippen LogP contribution in [0.1, 0.15) is 46.3 Å². The van der Waals surface area contributed by atoms with Gasteiger partial charge in [-0.1, -0.05) is 18.2 Å². The second-order valence-electron chi connectivity index (χ2n) is 7.78. The topological polar surface area (TPSA) is 77.6 Å². The lowest BCUT2D eigenvalue weighted by atomic mass is 9.93. The lowest BCUT2D eigenvalue weighted by Crippen LogP contribution is -2.32. The Morgan fingerprint density at radius 2 is 2.00 bits per heavy atom. The van der Waals surface area contributed by atoms with Gasteiger partial charge in [-0.2, -0.15) is 23.4 Å². The van der Waals surface area contributed by atoms with Gasteiger partial charge in [0.15, 0.2) is 0 Å². The van der Waals surface area contributed by atoms with E-state index in [1.54, 1.807) is 17.9 Å². The van der Waals surface area contributed by atoms with Crippen LogP contribution in [0.2, 0.25) is 0 Å². The number of carbonyl (C=O) groups is 1. The lowest BCUT2D eigenvalue weighted by Gasteiger charge is -2.22. The Labute approximate surface area is 180 Å². The van der Waals surface area contributed by atoms with E-state index in [-0.39, 0.29) is 17.6 Å². The Kier molecular flexibility index (Phi) is 4.72. The zero-order valence-corrected chi connectivity index (χ0v) is 17.1. The number of halogens is 3. The number of hydrogen-bond donors (Lipinski definition) is 1. The van der Waals surface area contributed by atoms with Gasteiger partial charge in [0.1, 0.15) is 11.4 Å². The van der Waals surface area contributed by atoms with E-state index in [2.05, 4.69) is 20.5 Å². The number of hydrogen-bond acceptors (Lipinski definition) is 4. The van der Waals surface area contributed by atoms with Crippen LogP contribution < -0.4 is 5.32 Å². The van der Waals surface area contributed by atoms with Crippen LogP contribution in [0.15, 0.2) is 48.8 Å². The van der Waals surface area contributed by atoms with E-state index in [4.69, 9.17) is 0 Å². The van der Waals surface area contributed by atoms with Crippen molar-refractivity contribution in [2.45, 2.75) is 31.5 Å². The Hall–Kier alpha value is -3.69. The molecule has 0 fully saturated rings. The molecule has 1 aromatic carbocycles. The summed E-state index contributed by atoms with van der Waals surface area (Å²) in [6, 6.07) is 9.56. The van der Waals surface area contributed by atoms with Crippen LogP contribution in [0.5, 0.6) is 0 Å². The molecule has 3 heterocycles. The summed E-state index contributed by atoms with van der Waals surface area (Å²) in [5.41, 5.74) is 2.06. The second kappa shape index (κ2) is 7.47. The number of pyridine rings is 1. The maximum Gasteiger partial charge on any atom is 0.433 e. The number of nitrogens with zero attached hydrogens (tertiary/aromatic N) is 5. The largest absolute Gasteiger partial charge is 0.433 e. The summed E-state index contributed by atoms with van der Waals surface area (Å²) < 4.78 is 42.1. The monoisotopic (exact) mass is 440 g/mol. The normalized spacial score (nSPS) is 16.2. The van der Waals surface area contributed by atoms with Crippen LogP contribution in [-0.4, -0.2) is 30.5 Å². The molecule has 3 aromatic heterocycles. The molecule has 10 heteroatoms. The maximum absolute atomic E-state index is 13.1.